The maximum atomic E-state index is 3.60. The van der Waals surface area contributed by atoms with Crippen molar-refractivity contribution in [3.8, 4) is 0 Å². The van der Waals surface area contributed by atoms with Crippen LogP contribution in [0.2, 0.25) is 0 Å². The Hall–Kier alpha value is -0.820. The molecule has 1 aromatic rings. The summed E-state index contributed by atoms with van der Waals surface area (Å²) in [5.41, 5.74) is 2.91. The number of nitrogens with one attached hydrogen (secondary N) is 1. The van der Waals surface area contributed by atoms with E-state index in [0.717, 1.165) is 12.5 Å². The highest BCUT2D eigenvalue weighted by Crippen LogP contribution is 2.27. The van der Waals surface area contributed by atoms with Crippen LogP contribution in [0.4, 0.5) is 0 Å². The lowest BCUT2D eigenvalue weighted by atomic mass is 9.84. The second-order valence-electron chi connectivity index (χ2n) is 6.38. The highest BCUT2D eigenvalue weighted by molar-refractivity contribution is 5.27. The zero-order valence-corrected chi connectivity index (χ0v) is 13.5. The van der Waals surface area contributed by atoms with Crippen LogP contribution in [0.15, 0.2) is 24.3 Å². The van der Waals surface area contributed by atoms with Crippen LogP contribution in [-0.4, -0.2) is 12.6 Å². The van der Waals surface area contributed by atoms with Gasteiger partial charge in [-0.2, -0.15) is 0 Å². The molecule has 0 spiro atoms. The fourth-order valence-corrected chi connectivity index (χ4v) is 2.42. The Morgan fingerprint density at radius 3 is 1.84 bits per heavy atom. The highest BCUT2D eigenvalue weighted by Gasteiger charge is 2.18. The fourth-order valence-electron chi connectivity index (χ4n) is 2.42. The molecule has 1 aromatic carbocycles. The molecule has 1 N–H and O–H groups in total. The van der Waals surface area contributed by atoms with Gasteiger partial charge >= 0.3 is 0 Å². The summed E-state index contributed by atoms with van der Waals surface area (Å²) in [5.74, 6) is 1.95. The Bertz CT molecular complexity index is 350. The summed E-state index contributed by atoms with van der Waals surface area (Å²) in [5, 5.41) is 3.60. The van der Waals surface area contributed by atoms with Gasteiger partial charge in [-0.3, -0.25) is 0 Å². The van der Waals surface area contributed by atoms with Gasteiger partial charge < -0.3 is 5.32 Å². The molecule has 19 heavy (non-hydrogen) atoms. The Balaban J connectivity index is 2.84. The smallest absolute Gasteiger partial charge is 0.00250 e. The third-order valence-electron chi connectivity index (χ3n) is 4.11. The molecule has 0 radical (unpaired) electrons. The van der Waals surface area contributed by atoms with Gasteiger partial charge in [0, 0.05) is 12.6 Å². The minimum Gasteiger partial charge on any atom is -0.314 e. The minimum atomic E-state index is 0.557. The molecule has 0 aliphatic rings. The topological polar surface area (TPSA) is 12.0 Å². The molecule has 1 rings (SSSR count). The van der Waals surface area contributed by atoms with Crippen molar-refractivity contribution < 1.29 is 0 Å². The standard InChI is InChI=1S/C18H31N/c1-7-15(6)18(12-19-14(4)5)17-10-8-16(9-11-17)13(2)3/h8-11,13-15,18-19H,7,12H2,1-6H3. The van der Waals surface area contributed by atoms with E-state index in [2.05, 4.69) is 71.1 Å². The predicted molar refractivity (Wildman–Crippen MR) is 85.9 cm³/mol. The number of hydrogen-bond acceptors (Lipinski definition) is 1. The summed E-state index contributed by atoms with van der Waals surface area (Å²) in [6, 6.07) is 9.80. The Kier molecular flexibility index (Phi) is 6.57. The molecular formula is C18H31N. The first-order valence-corrected chi connectivity index (χ1v) is 7.78. The molecule has 0 aliphatic carbocycles. The molecule has 0 heterocycles. The van der Waals surface area contributed by atoms with Gasteiger partial charge in [-0.25, -0.2) is 0 Å². The van der Waals surface area contributed by atoms with E-state index in [-0.39, 0.29) is 0 Å². The van der Waals surface area contributed by atoms with Crippen molar-refractivity contribution in [3.63, 3.8) is 0 Å². The van der Waals surface area contributed by atoms with E-state index in [9.17, 15) is 0 Å². The van der Waals surface area contributed by atoms with Crippen LogP contribution in [0.25, 0.3) is 0 Å². The Labute approximate surface area is 119 Å². The van der Waals surface area contributed by atoms with Gasteiger partial charge in [0.15, 0.2) is 0 Å². The van der Waals surface area contributed by atoms with E-state index < -0.39 is 0 Å². The normalized spacial score (nSPS) is 14.9. The Morgan fingerprint density at radius 2 is 1.42 bits per heavy atom. The molecule has 0 saturated heterocycles. The van der Waals surface area contributed by atoms with Crippen LogP contribution in [-0.2, 0) is 0 Å². The molecule has 0 aliphatic heterocycles. The number of hydrogen-bond donors (Lipinski definition) is 1. The molecule has 2 atom stereocenters. The third-order valence-corrected chi connectivity index (χ3v) is 4.11. The maximum absolute atomic E-state index is 3.60. The molecular weight excluding hydrogens is 230 g/mol. The summed E-state index contributed by atoms with van der Waals surface area (Å²) in [6.07, 6.45) is 1.23. The van der Waals surface area contributed by atoms with Gasteiger partial charge in [0.2, 0.25) is 0 Å². The lowest BCUT2D eigenvalue weighted by Crippen LogP contribution is -2.30. The average molecular weight is 261 g/mol. The molecule has 0 saturated carbocycles. The molecule has 2 unspecified atom stereocenters. The zero-order valence-electron chi connectivity index (χ0n) is 13.5. The lowest BCUT2D eigenvalue weighted by molar-refractivity contribution is 0.407. The van der Waals surface area contributed by atoms with Crippen LogP contribution in [0.5, 0.6) is 0 Å². The second-order valence-corrected chi connectivity index (χ2v) is 6.38. The van der Waals surface area contributed by atoms with Crippen molar-refractivity contribution in [3.05, 3.63) is 35.4 Å². The van der Waals surface area contributed by atoms with E-state index in [4.69, 9.17) is 0 Å². The molecule has 1 nitrogen and oxygen atoms in total. The highest BCUT2D eigenvalue weighted by atomic mass is 14.9. The van der Waals surface area contributed by atoms with Gasteiger partial charge in [-0.05, 0) is 28.9 Å². The quantitative estimate of drug-likeness (QED) is 0.733. The van der Waals surface area contributed by atoms with Crippen LogP contribution >= 0.6 is 0 Å². The first-order chi connectivity index (χ1) is 8.95. The molecule has 108 valence electrons. The van der Waals surface area contributed by atoms with Gasteiger partial charge in [0.25, 0.3) is 0 Å². The third kappa shape index (κ3) is 4.99. The van der Waals surface area contributed by atoms with E-state index in [1.165, 1.54) is 17.5 Å². The van der Waals surface area contributed by atoms with Gasteiger partial charge in [0.05, 0.1) is 0 Å². The summed E-state index contributed by atoms with van der Waals surface area (Å²) < 4.78 is 0. The molecule has 0 amide bonds. The first-order valence-electron chi connectivity index (χ1n) is 7.78. The average Bonchev–Trinajstić information content (AvgIpc) is 2.38. The fraction of sp³-hybridized carbons (Fsp3) is 0.667. The molecule has 0 bridgehead atoms. The number of rotatable bonds is 7. The molecule has 0 aromatic heterocycles. The summed E-state index contributed by atoms with van der Waals surface area (Å²) >= 11 is 0. The second kappa shape index (κ2) is 7.69. The van der Waals surface area contributed by atoms with Crippen molar-refractivity contribution >= 4 is 0 Å². The molecule has 1 heteroatoms. The lowest BCUT2D eigenvalue weighted by Gasteiger charge is -2.25. The Morgan fingerprint density at radius 1 is 0.895 bits per heavy atom. The van der Waals surface area contributed by atoms with Gasteiger partial charge in [-0.1, -0.05) is 72.2 Å². The van der Waals surface area contributed by atoms with Crippen molar-refractivity contribution in [2.24, 2.45) is 5.92 Å². The molecule has 0 fully saturated rings. The largest absolute Gasteiger partial charge is 0.314 e. The minimum absolute atomic E-state index is 0.557. The van der Waals surface area contributed by atoms with E-state index in [0.29, 0.717) is 17.9 Å². The summed E-state index contributed by atoms with van der Waals surface area (Å²) in [6.45, 7) is 14.7. The summed E-state index contributed by atoms with van der Waals surface area (Å²) in [4.78, 5) is 0. The number of benzene rings is 1. The van der Waals surface area contributed by atoms with E-state index in [1.54, 1.807) is 0 Å². The van der Waals surface area contributed by atoms with E-state index in [1.807, 2.05) is 0 Å². The van der Waals surface area contributed by atoms with Crippen molar-refractivity contribution in [2.45, 2.75) is 65.8 Å². The monoisotopic (exact) mass is 261 g/mol. The maximum Gasteiger partial charge on any atom is 0.00250 e. The summed E-state index contributed by atoms with van der Waals surface area (Å²) in [7, 11) is 0. The van der Waals surface area contributed by atoms with Crippen LogP contribution < -0.4 is 5.32 Å². The van der Waals surface area contributed by atoms with Crippen LogP contribution in [0.3, 0.4) is 0 Å². The zero-order chi connectivity index (χ0) is 14.4. The van der Waals surface area contributed by atoms with Crippen molar-refractivity contribution in [2.75, 3.05) is 6.54 Å². The van der Waals surface area contributed by atoms with Crippen molar-refractivity contribution in [1.82, 2.24) is 5.32 Å². The SMILES string of the molecule is CCC(C)C(CNC(C)C)c1ccc(C(C)C)cc1. The first kappa shape index (κ1) is 16.2. The van der Waals surface area contributed by atoms with E-state index >= 15 is 0 Å². The van der Waals surface area contributed by atoms with Crippen LogP contribution in [0, 0.1) is 5.92 Å². The predicted octanol–water partition coefficient (Wildman–Crippen LogP) is 4.94. The van der Waals surface area contributed by atoms with Gasteiger partial charge in [-0.15, -0.1) is 0 Å². The van der Waals surface area contributed by atoms with Gasteiger partial charge in [0.1, 0.15) is 0 Å². The van der Waals surface area contributed by atoms with Crippen molar-refractivity contribution in [1.29, 1.82) is 0 Å². The van der Waals surface area contributed by atoms with Crippen LogP contribution in [0.1, 0.15) is 70.9 Å².